The van der Waals surface area contributed by atoms with Crippen molar-refractivity contribution < 1.29 is 17.9 Å². The van der Waals surface area contributed by atoms with Crippen LogP contribution in [0.5, 0.6) is 5.75 Å². The van der Waals surface area contributed by atoms with E-state index in [1.165, 1.54) is 9.18 Å². The zero-order valence-electron chi connectivity index (χ0n) is 20.8. The van der Waals surface area contributed by atoms with Crippen LogP contribution in [0.2, 0.25) is 0 Å². The maximum absolute atomic E-state index is 13.8. The molecule has 0 N–H and O–H groups in total. The molecule has 3 heterocycles. The van der Waals surface area contributed by atoms with Gasteiger partial charge in [-0.05, 0) is 59.7 Å². The van der Waals surface area contributed by atoms with E-state index in [2.05, 4.69) is 16.4 Å². The highest BCUT2D eigenvalue weighted by Crippen LogP contribution is 2.38. The van der Waals surface area contributed by atoms with Crippen LogP contribution in [0.25, 0.3) is 10.9 Å². The standard InChI is InChI=1S/C28H29N3O4S2/c1-3-16-30(37(33,34)25-8-4-6-20-7-5-15-29-27(20)25)19-26(32)31-17-13-24-23(14-18-36-24)28(31)21-9-11-22(35-2)12-10-21/h4-12,14-15,18,28H,3,13,16-17,19H2,1-2H3. The Morgan fingerprint density at radius 3 is 2.68 bits per heavy atom. The van der Waals surface area contributed by atoms with Gasteiger partial charge in [0, 0.05) is 29.5 Å². The molecule has 37 heavy (non-hydrogen) atoms. The Morgan fingerprint density at radius 1 is 1.14 bits per heavy atom. The van der Waals surface area contributed by atoms with E-state index >= 15 is 0 Å². The highest BCUT2D eigenvalue weighted by Gasteiger charge is 2.36. The van der Waals surface area contributed by atoms with Gasteiger partial charge in [-0.1, -0.05) is 37.3 Å². The molecule has 192 valence electrons. The largest absolute Gasteiger partial charge is 0.497 e. The van der Waals surface area contributed by atoms with Crippen molar-refractivity contribution in [1.82, 2.24) is 14.2 Å². The van der Waals surface area contributed by atoms with Gasteiger partial charge in [0.15, 0.2) is 0 Å². The molecule has 5 rings (SSSR count). The van der Waals surface area contributed by atoms with Crippen LogP contribution in [0.15, 0.2) is 77.1 Å². The molecular formula is C28H29N3O4S2. The number of aromatic nitrogens is 1. The van der Waals surface area contributed by atoms with Gasteiger partial charge >= 0.3 is 0 Å². The number of rotatable bonds is 8. The van der Waals surface area contributed by atoms with Crippen molar-refractivity contribution >= 4 is 38.2 Å². The second-order valence-corrected chi connectivity index (χ2v) is 11.9. The lowest BCUT2D eigenvalue weighted by molar-refractivity contribution is -0.133. The molecule has 4 aromatic rings. The van der Waals surface area contributed by atoms with Gasteiger partial charge in [-0.2, -0.15) is 4.31 Å². The van der Waals surface area contributed by atoms with Crippen LogP contribution in [0, 0.1) is 0 Å². The van der Waals surface area contributed by atoms with Crippen molar-refractivity contribution in [3.05, 3.63) is 88.2 Å². The number of amides is 1. The fourth-order valence-electron chi connectivity index (χ4n) is 4.93. The molecule has 1 unspecified atom stereocenters. The zero-order valence-corrected chi connectivity index (χ0v) is 22.5. The van der Waals surface area contributed by atoms with Gasteiger partial charge < -0.3 is 9.64 Å². The summed E-state index contributed by atoms with van der Waals surface area (Å²) in [7, 11) is -2.33. The zero-order chi connectivity index (χ0) is 26.0. The smallest absolute Gasteiger partial charge is 0.245 e. The maximum Gasteiger partial charge on any atom is 0.245 e. The van der Waals surface area contributed by atoms with E-state index in [1.807, 2.05) is 48.2 Å². The van der Waals surface area contributed by atoms with E-state index in [4.69, 9.17) is 4.74 Å². The van der Waals surface area contributed by atoms with E-state index in [1.54, 1.807) is 42.8 Å². The lowest BCUT2D eigenvalue weighted by Crippen LogP contribution is -2.47. The number of hydrogen-bond acceptors (Lipinski definition) is 6. The predicted molar refractivity (Wildman–Crippen MR) is 145 cm³/mol. The summed E-state index contributed by atoms with van der Waals surface area (Å²) in [6.07, 6.45) is 2.92. The number of pyridine rings is 1. The maximum atomic E-state index is 13.8. The van der Waals surface area contributed by atoms with Crippen LogP contribution in [-0.2, 0) is 21.2 Å². The third-order valence-electron chi connectivity index (χ3n) is 6.72. The van der Waals surface area contributed by atoms with Gasteiger partial charge in [-0.25, -0.2) is 8.42 Å². The molecule has 0 radical (unpaired) electrons. The average molecular weight is 536 g/mol. The van der Waals surface area contributed by atoms with Crippen molar-refractivity contribution in [3.63, 3.8) is 0 Å². The minimum absolute atomic E-state index is 0.123. The molecule has 0 saturated heterocycles. The van der Waals surface area contributed by atoms with Crippen molar-refractivity contribution in [3.8, 4) is 5.75 Å². The molecule has 9 heteroatoms. The Balaban J connectivity index is 1.48. The van der Waals surface area contributed by atoms with Gasteiger partial charge in [0.2, 0.25) is 15.9 Å². The Bertz CT molecular complexity index is 1510. The number of thiophene rings is 1. The lowest BCUT2D eigenvalue weighted by Gasteiger charge is -2.37. The van der Waals surface area contributed by atoms with E-state index in [0.717, 1.165) is 28.7 Å². The second-order valence-electron chi connectivity index (χ2n) is 8.98. The molecule has 7 nitrogen and oxygen atoms in total. The quantitative estimate of drug-likeness (QED) is 0.321. The Morgan fingerprint density at radius 2 is 1.92 bits per heavy atom. The fourth-order valence-corrected chi connectivity index (χ4v) is 7.48. The third-order valence-corrected chi connectivity index (χ3v) is 9.59. The Labute approximate surface area is 221 Å². The van der Waals surface area contributed by atoms with Gasteiger partial charge in [0.05, 0.1) is 25.2 Å². The summed E-state index contributed by atoms with van der Waals surface area (Å²) in [6, 6.07) is 18.2. The highest BCUT2D eigenvalue weighted by molar-refractivity contribution is 7.89. The number of para-hydroxylation sites is 1. The Kier molecular flexibility index (Phi) is 7.28. The first-order chi connectivity index (χ1) is 17.9. The summed E-state index contributed by atoms with van der Waals surface area (Å²) < 4.78 is 34.3. The monoisotopic (exact) mass is 535 g/mol. The van der Waals surface area contributed by atoms with Crippen LogP contribution < -0.4 is 4.74 Å². The number of nitrogens with zero attached hydrogens (tertiary/aromatic N) is 3. The number of hydrogen-bond donors (Lipinski definition) is 0. The second kappa shape index (κ2) is 10.6. The van der Waals surface area contributed by atoms with E-state index in [9.17, 15) is 13.2 Å². The summed E-state index contributed by atoms with van der Waals surface area (Å²) in [6.45, 7) is 2.44. The molecule has 1 atom stereocenters. The molecular weight excluding hydrogens is 506 g/mol. The van der Waals surface area contributed by atoms with Crippen molar-refractivity contribution in [1.29, 1.82) is 0 Å². The van der Waals surface area contributed by atoms with Gasteiger partial charge in [-0.3, -0.25) is 9.78 Å². The van der Waals surface area contributed by atoms with Crippen LogP contribution in [-0.4, -0.2) is 55.3 Å². The predicted octanol–water partition coefficient (Wildman–Crippen LogP) is 4.88. The fraction of sp³-hybridized carbons (Fsp3) is 0.286. The first-order valence-electron chi connectivity index (χ1n) is 12.3. The van der Waals surface area contributed by atoms with Crippen molar-refractivity contribution in [2.75, 3.05) is 26.7 Å². The van der Waals surface area contributed by atoms with E-state index in [-0.39, 0.29) is 29.9 Å². The summed E-state index contributed by atoms with van der Waals surface area (Å²) in [4.78, 5) is 21.4. The Hall–Kier alpha value is -3.27. The molecule has 2 aromatic carbocycles. The van der Waals surface area contributed by atoms with Crippen molar-refractivity contribution in [2.45, 2.75) is 30.7 Å². The molecule has 0 aliphatic carbocycles. The van der Waals surface area contributed by atoms with E-state index in [0.29, 0.717) is 18.5 Å². The number of carbonyl (C=O) groups excluding carboxylic acids is 1. The van der Waals surface area contributed by atoms with Gasteiger partial charge in [-0.15, -0.1) is 11.3 Å². The summed E-state index contributed by atoms with van der Waals surface area (Å²) in [5.74, 6) is 0.523. The minimum Gasteiger partial charge on any atom is -0.497 e. The number of benzene rings is 2. The van der Waals surface area contributed by atoms with Crippen LogP contribution >= 0.6 is 11.3 Å². The van der Waals surface area contributed by atoms with E-state index < -0.39 is 10.0 Å². The first-order valence-corrected chi connectivity index (χ1v) is 14.6. The third kappa shape index (κ3) is 4.86. The molecule has 1 aliphatic rings. The molecule has 0 fully saturated rings. The lowest BCUT2D eigenvalue weighted by atomic mass is 9.93. The normalized spacial score (nSPS) is 15.6. The summed E-state index contributed by atoms with van der Waals surface area (Å²) in [5, 5.41) is 2.79. The minimum atomic E-state index is -3.96. The van der Waals surface area contributed by atoms with Crippen LogP contribution in [0.1, 0.15) is 35.4 Å². The highest BCUT2D eigenvalue weighted by atomic mass is 32.2. The first kappa shape index (κ1) is 25.4. The molecule has 0 spiro atoms. The average Bonchev–Trinajstić information content (AvgIpc) is 3.41. The summed E-state index contributed by atoms with van der Waals surface area (Å²) in [5.41, 5.74) is 2.48. The number of carbonyl (C=O) groups is 1. The number of ether oxygens (including phenoxy) is 1. The summed E-state index contributed by atoms with van der Waals surface area (Å²) >= 11 is 1.69. The SMILES string of the molecule is CCCN(CC(=O)N1CCc2sccc2C1c1ccc(OC)cc1)S(=O)(=O)c1cccc2cccnc12. The molecule has 1 aliphatic heterocycles. The van der Waals surface area contributed by atoms with Gasteiger partial charge in [0.1, 0.15) is 10.6 Å². The van der Waals surface area contributed by atoms with Crippen molar-refractivity contribution in [2.24, 2.45) is 0 Å². The molecule has 1 amide bonds. The number of fused-ring (bicyclic) bond motifs is 2. The molecule has 2 aromatic heterocycles. The van der Waals surface area contributed by atoms with Crippen LogP contribution in [0.4, 0.5) is 0 Å². The molecule has 0 saturated carbocycles. The van der Waals surface area contributed by atoms with Gasteiger partial charge in [0.25, 0.3) is 0 Å². The number of sulfonamides is 1. The topological polar surface area (TPSA) is 79.8 Å². The number of methoxy groups -OCH3 is 1. The van der Waals surface area contributed by atoms with Crippen LogP contribution in [0.3, 0.4) is 0 Å². The molecule has 0 bridgehead atoms.